The maximum absolute atomic E-state index is 12.6. The molecule has 27 heavy (non-hydrogen) atoms. The number of sulfonamides is 1. The highest BCUT2D eigenvalue weighted by molar-refractivity contribution is 7.92. The third-order valence-electron chi connectivity index (χ3n) is 4.15. The van der Waals surface area contributed by atoms with Gasteiger partial charge < -0.3 is 10.1 Å². The first-order valence-electron chi connectivity index (χ1n) is 8.83. The molecule has 2 rings (SSSR count). The van der Waals surface area contributed by atoms with Gasteiger partial charge in [0.2, 0.25) is 0 Å². The maximum atomic E-state index is 12.6. The highest BCUT2D eigenvalue weighted by Gasteiger charge is 2.16. The second-order valence-electron chi connectivity index (χ2n) is 6.47. The molecule has 0 aliphatic rings. The van der Waals surface area contributed by atoms with Crippen LogP contribution in [0.2, 0.25) is 0 Å². The van der Waals surface area contributed by atoms with Gasteiger partial charge in [0.15, 0.2) is 6.61 Å². The van der Waals surface area contributed by atoms with Crippen molar-refractivity contribution >= 4 is 21.6 Å². The Hall–Kier alpha value is -2.54. The molecule has 0 radical (unpaired) electrons. The average molecular weight is 391 g/mol. The molecular weight excluding hydrogens is 364 g/mol. The molecule has 1 amide bonds. The number of carbonyl (C=O) groups is 1. The number of nitrogens with one attached hydrogen (secondary N) is 2. The van der Waals surface area contributed by atoms with Crippen LogP contribution in [-0.4, -0.2) is 27.5 Å². The average Bonchev–Trinajstić information content (AvgIpc) is 2.61. The van der Waals surface area contributed by atoms with Crippen LogP contribution in [0.15, 0.2) is 41.3 Å². The maximum Gasteiger partial charge on any atom is 0.261 e. The van der Waals surface area contributed by atoms with Gasteiger partial charge in [-0.1, -0.05) is 13.0 Å². The third-order valence-corrected chi connectivity index (χ3v) is 5.53. The summed E-state index contributed by atoms with van der Waals surface area (Å²) in [6.45, 7) is 8.11. The van der Waals surface area contributed by atoms with E-state index in [-0.39, 0.29) is 17.4 Å². The van der Waals surface area contributed by atoms with Crippen molar-refractivity contribution in [1.29, 1.82) is 0 Å². The molecule has 0 aliphatic heterocycles. The lowest BCUT2D eigenvalue weighted by atomic mass is 10.1. The molecule has 6 nitrogen and oxygen atoms in total. The Labute approximate surface area is 161 Å². The lowest BCUT2D eigenvalue weighted by molar-refractivity contribution is -0.123. The summed E-state index contributed by atoms with van der Waals surface area (Å²) in [6.07, 6.45) is 0.852. The summed E-state index contributed by atoms with van der Waals surface area (Å²) in [5.41, 5.74) is 3.26. The Morgan fingerprint density at radius 3 is 2.37 bits per heavy atom. The van der Waals surface area contributed by atoms with E-state index in [1.54, 1.807) is 25.1 Å². The molecule has 0 unspecified atom stereocenters. The zero-order valence-corrected chi connectivity index (χ0v) is 16.9. The first-order chi connectivity index (χ1) is 12.7. The molecule has 0 spiro atoms. The molecule has 0 aliphatic carbocycles. The van der Waals surface area contributed by atoms with Gasteiger partial charge in [0.25, 0.3) is 15.9 Å². The zero-order chi connectivity index (χ0) is 20.0. The third kappa shape index (κ3) is 5.72. The molecule has 2 N–H and O–H groups in total. The number of amides is 1. The van der Waals surface area contributed by atoms with E-state index in [9.17, 15) is 13.2 Å². The van der Waals surface area contributed by atoms with E-state index in [0.29, 0.717) is 23.5 Å². The van der Waals surface area contributed by atoms with Crippen LogP contribution in [0.5, 0.6) is 5.75 Å². The fraction of sp³-hybridized carbons (Fsp3) is 0.350. The molecule has 0 bridgehead atoms. The lowest BCUT2D eigenvalue weighted by Gasteiger charge is -2.13. The van der Waals surface area contributed by atoms with Gasteiger partial charge in [-0.3, -0.25) is 9.52 Å². The smallest absolute Gasteiger partial charge is 0.261 e. The van der Waals surface area contributed by atoms with E-state index in [1.807, 2.05) is 26.8 Å². The van der Waals surface area contributed by atoms with Gasteiger partial charge in [0, 0.05) is 12.2 Å². The molecule has 0 saturated carbocycles. The van der Waals surface area contributed by atoms with Gasteiger partial charge in [0.1, 0.15) is 5.75 Å². The summed E-state index contributed by atoms with van der Waals surface area (Å²) in [6, 6.07) is 9.97. The minimum atomic E-state index is -3.71. The van der Waals surface area contributed by atoms with Crippen LogP contribution in [0.1, 0.15) is 30.0 Å². The van der Waals surface area contributed by atoms with Crippen LogP contribution in [0.4, 0.5) is 5.69 Å². The van der Waals surface area contributed by atoms with Gasteiger partial charge >= 0.3 is 0 Å². The number of rotatable bonds is 8. The second kappa shape index (κ2) is 8.90. The number of carbonyl (C=O) groups excluding carboxylic acids is 1. The van der Waals surface area contributed by atoms with Gasteiger partial charge in [0.05, 0.1) is 4.90 Å². The van der Waals surface area contributed by atoms with Gasteiger partial charge in [-0.05, 0) is 74.2 Å². The second-order valence-corrected chi connectivity index (χ2v) is 8.15. The predicted octanol–water partition coefficient (Wildman–Crippen LogP) is 3.32. The molecule has 0 fully saturated rings. The van der Waals surface area contributed by atoms with E-state index < -0.39 is 10.0 Å². The number of ether oxygens (including phenoxy) is 1. The first kappa shape index (κ1) is 20.8. The summed E-state index contributed by atoms with van der Waals surface area (Å²) in [7, 11) is -3.71. The largest absolute Gasteiger partial charge is 0.484 e. The van der Waals surface area contributed by atoms with E-state index >= 15 is 0 Å². The highest BCUT2D eigenvalue weighted by Crippen LogP contribution is 2.24. The van der Waals surface area contributed by atoms with E-state index in [1.165, 1.54) is 12.1 Å². The molecule has 0 aromatic heterocycles. The van der Waals surface area contributed by atoms with E-state index in [0.717, 1.165) is 17.5 Å². The zero-order valence-electron chi connectivity index (χ0n) is 16.1. The van der Waals surface area contributed by atoms with Gasteiger partial charge in [-0.2, -0.15) is 0 Å². The minimum Gasteiger partial charge on any atom is -0.484 e. The van der Waals surface area contributed by atoms with Crippen molar-refractivity contribution in [3.8, 4) is 5.75 Å². The van der Waals surface area contributed by atoms with Crippen molar-refractivity contribution in [3.05, 3.63) is 53.1 Å². The lowest BCUT2D eigenvalue weighted by Crippen LogP contribution is -2.29. The fourth-order valence-corrected chi connectivity index (χ4v) is 3.56. The molecule has 0 saturated heterocycles. The monoisotopic (exact) mass is 390 g/mol. The van der Waals surface area contributed by atoms with Crippen molar-refractivity contribution in [1.82, 2.24) is 5.32 Å². The Balaban J connectivity index is 2.10. The first-order valence-corrected chi connectivity index (χ1v) is 10.3. The minimum absolute atomic E-state index is 0.103. The summed E-state index contributed by atoms with van der Waals surface area (Å²) in [4.78, 5) is 11.8. The quantitative estimate of drug-likeness (QED) is 0.724. The van der Waals surface area contributed by atoms with E-state index in [4.69, 9.17) is 4.74 Å². The van der Waals surface area contributed by atoms with Crippen LogP contribution in [-0.2, 0) is 14.8 Å². The van der Waals surface area contributed by atoms with Crippen LogP contribution in [0.3, 0.4) is 0 Å². The van der Waals surface area contributed by atoms with Crippen molar-refractivity contribution in [2.24, 2.45) is 0 Å². The number of hydrogen-bond acceptors (Lipinski definition) is 4. The van der Waals surface area contributed by atoms with Crippen LogP contribution in [0, 0.1) is 20.8 Å². The SMILES string of the molecule is CCCNC(=O)COc1ccc(S(=O)(=O)Nc2ccc(C)c(C)c2)cc1C. The molecular formula is C20H26N2O4S. The normalized spacial score (nSPS) is 11.1. The molecule has 0 atom stereocenters. The molecule has 2 aromatic carbocycles. The molecule has 146 valence electrons. The number of anilines is 1. The Kier molecular flexibility index (Phi) is 6.85. The van der Waals surface area contributed by atoms with Gasteiger partial charge in [-0.15, -0.1) is 0 Å². The topological polar surface area (TPSA) is 84.5 Å². The molecule has 0 heterocycles. The standard InChI is InChI=1S/C20H26N2O4S/c1-5-10-21-20(23)13-26-19-9-8-18(12-16(19)4)27(24,25)22-17-7-6-14(2)15(3)11-17/h6-9,11-12,22H,5,10,13H2,1-4H3,(H,21,23). The number of benzene rings is 2. The Morgan fingerprint density at radius 2 is 1.74 bits per heavy atom. The van der Waals surface area contributed by atoms with Crippen LogP contribution < -0.4 is 14.8 Å². The Bertz CT molecular complexity index is 924. The number of aryl methyl sites for hydroxylation is 3. The summed E-state index contributed by atoms with van der Waals surface area (Å²) in [5, 5.41) is 2.72. The Morgan fingerprint density at radius 1 is 1.00 bits per heavy atom. The van der Waals surface area contributed by atoms with Crippen molar-refractivity contribution in [2.45, 2.75) is 39.0 Å². The van der Waals surface area contributed by atoms with Crippen LogP contribution in [0.25, 0.3) is 0 Å². The predicted molar refractivity (Wildman–Crippen MR) is 107 cm³/mol. The van der Waals surface area contributed by atoms with Crippen molar-refractivity contribution in [2.75, 3.05) is 17.9 Å². The molecule has 2 aromatic rings. The molecule has 7 heteroatoms. The fourth-order valence-electron chi connectivity index (χ4n) is 2.43. The van der Waals surface area contributed by atoms with Crippen LogP contribution >= 0.6 is 0 Å². The number of hydrogen-bond donors (Lipinski definition) is 2. The van der Waals surface area contributed by atoms with E-state index in [2.05, 4.69) is 10.0 Å². The summed E-state index contributed by atoms with van der Waals surface area (Å²) in [5.74, 6) is 0.274. The van der Waals surface area contributed by atoms with Gasteiger partial charge in [-0.25, -0.2) is 8.42 Å². The van der Waals surface area contributed by atoms with Crippen molar-refractivity contribution in [3.63, 3.8) is 0 Å². The summed E-state index contributed by atoms with van der Waals surface area (Å²) < 4.78 is 33.3. The van der Waals surface area contributed by atoms with Crippen molar-refractivity contribution < 1.29 is 17.9 Å². The summed E-state index contributed by atoms with van der Waals surface area (Å²) >= 11 is 0. The highest BCUT2D eigenvalue weighted by atomic mass is 32.2.